The van der Waals surface area contributed by atoms with Crippen LogP contribution in [0, 0.1) is 17.8 Å². The average Bonchev–Trinajstić information content (AvgIpc) is 3.35. The lowest BCUT2D eigenvalue weighted by molar-refractivity contribution is -0.150. The van der Waals surface area contributed by atoms with Crippen LogP contribution in [0.2, 0.25) is 0 Å². The van der Waals surface area contributed by atoms with Crippen molar-refractivity contribution < 1.29 is 22.7 Å². The van der Waals surface area contributed by atoms with Crippen molar-refractivity contribution >= 4 is 5.97 Å². The van der Waals surface area contributed by atoms with Gasteiger partial charge in [-0.25, -0.2) is 4.98 Å². The number of nitrogens with one attached hydrogen (secondary N) is 1. The molecule has 1 saturated carbocycles. The topological polar surface area (TPSA) is 80.8 Å². The van der Waals surface area contributed by atoms with E-state index in [-0.39, 0.29) is 35.9 Å². The van der Waals surface area contributed by atoms with Crippen molar-refractivity contribution in [3.05, 3.63) is 41.9 Å². The summed E-state index contributed by atoms with van der Waals surface area (Å²) in [6.07, 6.45) is 2.95. The Morgan fingerprint density at radius 1 is 1.27 bits per heavy atom. The Bertz CT molecular complexity index is 844. The smallest absolute Gasteiger partial charge is 0.451 e. The van der Waals surface area contributed by atoms with Crippen molar-refractivity contribution in [3.8, 4) is 11.5 Å². The number of H-pyrrole nitrogens is 1. The van der Waals surface area contributed by atoms with E-state index in [1.165, 1.54) is 12.3 Å². The average molecular weight is 364 g/mol. The molecule has 3 atom stereocenters. The highest BCUT2D eigenvalue weighted by molar-refractivity contribution is 5.74. The number of allylic oxidation sites excluding steroid dienone is 2. The molecular formula is C17H15F3N4O2. The summed E-state index contributed by atoms with van der Waals surface area (Å²) in [5, 5.41) is 5.36. The maximum atomic E-state index is 12.5. The summed E-state index contributed by atoms with van der Waals surface area (Å²) >= 11 is 0. The second kappa shape index (κ2) is 6.22. The molecule has 9 heteroatoms. The van der Waals surface area contributed by atoms with Crippen LogP contribution in [0.1, 0.15) is 24.2 Å². The molecule has 0 aromatic carbocycles. The molecule has 1 N–H and O–H groups in total. The van der Waals surface area contributed by atoms with Crippen molar-refractivity contribution in [2.75, 3.05) is 0 Å². The number of aromatic nitrogens is 4. The maximum absolute atomic E-state index is 12.5. The van der Waals surface area contributed by atoms with Crippen LogP contribution in [0.5, 0.6) is 0 Å². The van der Waals surface area contributed by atoms with Crippen LogP contribution in [0.25, 0.3) is 11.5 Å². The lowest BCUT2D eigenvalue weighted by atomic mass is 9.94. The SMILES string of the molecule is O=C(OCc1ccc(-c2n[nH]c(C(F)(F)F)n2)nc1)[C@H]1C[C@@H]2C=C[C@H]1C2. The van der Waals surface area contributed by atoms with Gasteiger partial charge in [0.15, 0.2) is 5.82 Å². The van der Waals surface area contributed by atoms with Gasteiger partial charge in [0, 0.05) is 11.8 Å². The van der Waals surface area contributed by atoms with Gasteiger partial charge >= 0.3 is 12.1 Å². The molecule has 1 fully saturated rings. The van der Waals surface area contributed by atoms with E-state index in [2.05, 4.69) is 27.2 Å². The molecule has 0 unspecified atom stereocenters. The molecule has 0 saturated heterocycles. The molecule has 2 heterocycles. The molecule has 2 aromatic rings. The minimum Gasteiger partial charge on any atom is -0.461 e. The highest BCUT2D eigenvalue weighted by atomic mass is 19.4. The third-order valence-electron chi connectivity index (χ3n) is 4.77. The first-order valence-electron chi connectivity index (χ1n) is 8.20. The Balaban J connectivity index is 1.36. The Morgan fingerprint density at radius 3 is 2.69 bits per heavy atom. The van der Waals surface area contributed by atoms with E-state index in [9.17, 15) is 18.0 Å². The van der Waals surface area contributed by atoms with E-state index in [1.54, 1.807) is 6.07 Å². The lowest BCUT2D eigenvalue weighted by Gasteiger charge is -2.16. The van der Waals surface area contributed by atoms with Gasteiger partial charge in [-0.3, -0.25) is 14.9 Å². The number of alkyl halides is 3. The monoisotopic (exact) mass is 364 g/mol. The number of esters is 1. The number of aromatic amines is 1. The van der Waals surface area contributed by atoms with E-state index in [0.29, 0.717) is 11.5 Å². The zero-order chi connectivity index (χ0) is 18.3. The summed E-state index contributed by atoms with van der Waals surface area (Å²) in [4.78, 5) is 19.6. The quantitative estimate of drug-likeness (QED) is 0.666. The highest BCUT2D eigenvalue weighted by Gasteiger charge is 2.40. The van der Waals surface area contributed by atoms with E-state index in [1.807, 2.05) is 5.10 Å². The number of rotatable bonds is 4. The van der Waals surface area contributed by atoms with Crippen molar-refractivity contribution in [3.63, 3.8) is 0 Å². The Hall–Kier alpha value is -2.71. The number of pyridine rings is 1. The van der Waals surface area contributed by atoms with Gasteiger partial charge in [0.2, 0.25) is 5.82 Å². The highest BCUT2D eigenvalue weighted by Crippen LogP contribution is 2.43. The summed E-state index contributed by atoms with van der Waals surface area (Å²) in [5.74, 6) is -0.842. The first-order valence-corrected chi connectivity index (χ1v) is 8.20. The molecule has 0 spiro atoms. The van der Waals surface area contributed by atoms with Gasteiger partial charge in [0.05, 0.1) is 5.92 Å². The molecule has 0 radical (unpaired) electrons. The fourth-order valence-electron chi connectivity index (χ4n) is 3.46. The van der Waals surface area contributed by atoms with Crippen LogP contribution in [-0.2, 0) is 22.3 Å². The zero-order valence-corrected chi connectivity index (χ0v) is 13.5. The number of carbonyl (C=O) groups is 1. The summed E-state index contributed by atoms with van der Waals surface area (Å²) in [6, 6.07) is 3.12. The number of ether oxygens (including phenoxy) is 1. The molecule has 2 aliphatic rings. The molecule has 136 valence electrons. The standard InChI is InChI=1S/C17H15F3N4O2/c18-17(19,20)16-22-14(23-24-16)13-4-2-10(7-21-13)8-26-15(25)12-6-9-1-3-11(12)5-9/h1-4,7,9,11-12H,5-6,8H2,(H,22,23,24)/t9-,11+,12+/m1/s1. The molecule has 2 bridgehead atoms. The maximum Gasteiger partial charge on any atom is 0.451 e. The van der Waals surface area contributed by atoms with Crippen LogP contribution in [-0.4, -0.2) is 26.1 Å². The number of carbonyl (C=O) groups excluding carboxylic acids is 1. The van der Waals surface area contributed by atoms with Gasteiger partial charge in [-0.05, 0) is 30.7 Å². The van der Waals surface area contributed by atoms with Gasteiger partial charge in [-0.2, -0.15) is 18.3 Å². The van der Waals surface area contributed by atoms with Crippen molar-refractivity contribution in [2.24, 2.45) is 17.8 Å². The molecule has 4 rings (SSSR count). The summed E-state index contributed by atoms with van der Waals surface area (Å²) in [7, 11) is 0. The minimum atomic E-state index is -4.59. The largest absolute Gasteiger partial charge is 0.461 e. The molecule has 6 nitrogen and oxygen atoms in total. The van der Waals surface area contributed by atoms with Gasteiger partial charge in [-0.15, -0.1) is 0 Å². The fourth-order valence-corrected chi connectivity index (χ4v) is 3.46. The van der Waals surface area contributed by atoms with Gasteiger partial charge in [0.1, 0.15) is 12.3 Å². The van der Waals surface area contributed by atoms with Gasteiger partial charge in [0.25, 0.3) is 0 Å². The van der Waals surface area contributed by atoms with Crippen molar-refractivity contribution in [2.45, 2.75) is 25.6 Å². The molecular weight excluding hydrogens is 349 g/mol. The predicted octanol–water partition coefficient (Wildman–Crippen LogP) is 3.14. The third-order valence-corrected chi connectivity index (χ3v) is 4.77. The second-order valence-electron chi connectivity index (χ2n) is 6.55. The molecule has 2 aromatic heterocycles. The Labute approximate surface area is 146 Å². The Morgan fingerprint density at radius 2 is 2.12 bits per heavy atom. The van der Waals surface area contributed by atoms with Gasteiger partial charge in [-0.1, -0.05) is 18.2 Å². The summed E-state index contributed by atoms with van der Waals surface area (Å²) in [5.41, 5.74) is 0.845. The number of fused-ring (bicyclic) bond motifs is 2. The normalized spacial score (nSPS) is 24.2. The Kier molecular flexibility index (Phi) is 4.01. The van der Waals surface area contributed by atoms with Crippen LogP contribution in [0.15, 0.2) is 30.5 Å². The van der Waals surface area contributed by atoms with Crippen LogP contribution >= 0.6 is 0 Å². The lowest BCUT2D eigenvalue weighted by Crippen LogP contribution is -2.21. The number of nitrogens with zero attached hydrogens (tertiary/aromatic N) is 3. The summed E-state index contributed by atoms with van der Waals surface area (Å²) in [6.45, 7) is 0.0749. The minimum absolute atomic E-state index is 0.0749. The molecule has 2 aliphatic carbocycles. The summed E-state index contributed by atoms with van der Waals surface area (Å²) < 4.78 is 43.0. The molecule has 26 heavy (non-hydrogen) atoms. The number of hydrogen-bond donors (Lipinski definition) is 1. The molecule has 0 amide bonds. The number of halogens is 3. The first-order chi connectivity index (χ1) is 12.4. The van der Waals surface area contributed by atoms with Crippen LogP contribution in [0.3, 0.4) is 0 Å². The second-order valence-corrected chi connectivity index (χ2v) is 6.55. The first kappa shape index (κ1) is 16.7. The third kappa shape index (κ3) is 3.21. The molecule has 0 aliphatic heterocycles. The van der Waals surface area contributed by atoms with E-state index in [4.69, 9.17) is 4.74 Å². The van der Waals surface area contributed by atoms with Gasteiger partial charge < -0.3 is 4.74 Å². The van der Waals surface area contributed by atoms with E-state index >= 15 is 0 Å². The van der Waals surface area contributed by atoms with E-state index < -0.39 is 12.0 Å². The van der Waals surface area contributed by atoms with Crippen LogP contribution in [0.4, 0.5) is 13.2 Å². The fraction of sp³-hybridized carbons (Fsp3) is 0.412. The predicted molar refractivity (Wildman–Crippen MR) is 83.3 cm³/mol. The van der Waals surface area contributed by atoms with Crippen molar-refractivity contribution in [1.29, 1.82) is 0 Å². The van der Waals surface area contributed by atoms with Crippen LogP contribution < -0.4 is 0 Å². The number of hydrogen-bond acceptors (Lipinski definition) is 5. The zero-order valence-electron chi connectivity index (χ0n) is 13.5. The van der Waals surface area contributed by atoms with Crippen molar-refractivity contribution in [1.82, 2.24) is 20.2 Å². The van der Waals surface area contributed by atoms with E-state index in [0.717, 1.165) is 12.8 Å².